The minimum Gasteiger partial charge on any atom is -0.481 e. The predicted molar refractivity (Wildman–Crippen MR) is 64.7 cm³/mol. The van der Waals surface area contributed by atoms with Crippen LogP contribution in [-0.4, -0.2) is 36.7 Å². The molecule has 2 aromatic heterocycles. The fraction of sp³-hybridized carbons (Fsp3) is 0.182. The van der Waals surface area contributed by atoms with Gasteiger partial charge in [0.15, 0.2) is 5.82 Å². The fourth-order valence-electron chi connectivity index (χ4n) is 1.37. The fourth-order valence-corrected chi connectivity index (χ4v) is 1.37. The zero-order chi connectivity index (χ0) is 13.7. The Kier molecular flexibility index (Phi) is 3.81. The van der Waals surface area contributed by atoms with Crippen LogP contribution in [0.5, 0.6) is 0 Å². The summed E-state index contributed by atoms with van der Waals surface area (Å²) in [5.74, 6) is -0.798. The lowest BCUT2D eigenvalue weighted by molar-refractivity contribution is -0.138. The minimum atomic E-state index is -1.00. The molecule has 8 nitrogen and oxygen atoms in total. The van der Waals surface area contributed by atoms with Crippen molar-refractivity contribution in [2.24, 2.45) is 0 Å². The number of carbonyl (C=O) groups is 2. The van der Waals surface area contributed by atoms with Crippen LogP contribution in [0.4, 0.5) is 5.69 Å². The highest BCUT2D eigenvalue weighted by molar-refractivity contribution is 5.92. The van der Waals surface area contributed by atoms with Gasteiger partial charge in [-0.3, -0.25) is 9.59 Å². The van der Waals surface area contributed by atoms with E-state index < -0.39 is 5.97 Å². The van der Waals surface area contributed by atoms with Gasteiger partial charge in [0.25, 0.3) is 0 Å². The summed E-state index contributed by atoms with van der Waals surface area (Å²) in [6.07, 6.45) is 4.10. The lowest BCUT2D eigenvalue weighted by Gasteiger charge is -2.04. The Morgan fingerprint density at radius 3 is 2.74 bits per heavy atom. The Balaban J connectivity index is 1.95. The molecule has 0 spiro atoms. The number of pyridine rings is 1. The molecule has 0 aliphatic rings. The number of carbonyl (C=O) groups excluding carboxylic acids is 1. The average Bonchev–Trinajstić information content (AvgIpc) is 2.91. The molecule has 0 aliphatic heterocycles. The Bertz CT molecular complexity index is 565. The van der Waals surface area contributed by atoms with Gasteiger partial charge >= 0.3 is 5.97 Å². The van der Waals surface area contributed by atoms with Crippen LogP contribution in [-0.2, 0) is 9.59 Å². The first-order valence-electron chi connectivity index (χ1n) is 5.48. The molecule has 19 heavy (non-hydrogen) atoms. The van der Waals surface area contributed by atoms with Crippen molar-refractivity contribution in [3.8, 4) is 5.82 Å². The number of hydrogen-bond donors (Lipinski definition) is 2. The highest BCUT2D eigenvalue weighted by Gasteiger charge is 2.06. The van der Waals surface area contributed by atoms with E-state index in [-0.39, 0.29) is 18.7 Å². The number of aromatic nitrogens is 4. The molecule has 0 fully saturated rings. The number of carboxylic acids is 1. The number of carboxylic acid groups (broad SMARTS) is 1. The van der Waals surface area contributed by atoms with Crippen molar-refractivity contribution >= 4 is 17.6 Å². The van der Waals surface area contributed by atoms with E-state index in [9.17, 15) is 9.59 Å². The third-order valence-corrected chi connectivity index (χ3v) is 2.25. The summed E-state index contributed by atoms with van der Waals surface area (Å²) in [6.45, 7) is 0. The van der Waals surface area contributed by atoms with Gasteiger partial charge in [0.1, 0.15) is 12.7 Å². The van der Waals surface area contributed by atoms with Gasteiger partial charge < -0.3 is 10.4 Å². The molecular formula is C11H11N5O3. The Morgan fingerprint density at radius 2 is 2.16 bits per heavy atom. The molecule has 2 heterocycles. The largest absolute Gasteiger partial charge is 0.481 e. The van der Waals surface area contributed by atoms with Crippen molar-refractivity contribution in [1.29, 1.82) is 0 Å². The third kappa shape index (κ3) is 3.60. The Labute approximate surface area is 108 Å². The van der Waals surface area contributed by atoms with Gasteiger partial charge in [-0.1, -0.05) is 0 Å². The van der Waals surface area contributed by atoms with Gasteiger partial charge in [-0.25, -0.2) is 14.6 Å². The van der Waals surface area contributed by atoms with Gasteiger partial charge in [-0.15, -0.1) is 0 Å². The molecule has 0 unspecified atom stereocenters. The van der Waals surface area contributed by atoms with Crippen molar-refractivity contribution in [3.05, 3.63) is 31.0 Å². The zero-order valence-electron chi connectivity index (χ0n) is 9.85. The molecule has 0 bridgehead atoms. The van der Waals surface area contributed by atoms with Crippen LogP contribution in [0.1, 0.15) is 12.8 Å². The summed E-state index contributed by atoms with van der Waals surface area (Å²) in [5.41, 5.74) is 0.499. The summed E-state index contributed by atoms with van der Waals surface area (Å²) >= 11 is 0. The molecule has 0 atom stereocenters. The van der Waals surface area contributed by atoms with E-state index in [2.05, 4.69) is 20.4 Å². The predicted octanol–water partition coefficient (Wildman–Crippen LogP) is 0.466. The number of aliphatic carboxylic acids is 1. The van der Waals surface area contributed by atoms with E-state index in [4.69, 9.17) is 5.11 Å². The van der Waals surface area contributed by atoms with Crippen molar-refractivity contribution in [1.82, 2.24) is 19.7 Å². The molecule has 8 heteroatoms. The zero-order valence-corrected chi connectivity index (χ0v) is 9.85. The standard InChI is InChI=1S/C11H11N5O3/c17-10(3-4-11(18)19)15-8-1-2-9(13-5-8)16-7-12-6-14-16/h1-2,5-7H,3-4H2,(H,15,17)(H,18,19). The first-order chi connectivity index (χ1) is 9.15. The maximum atomic E-state index is 11.4. The van der Waals surface area contributed by atoms with Crippen LogP contribution in [0, 0.1) is 0 Å². The van der Waals surface area contributed by atoms with Gasteiger partial charge in [-0.2, -0.15) is 5.10 Å². The number of nitrogens with one attached hydrogen (secondary N) is 1. The van der Waals surface area contributed by atoms with Crippen molar-refractivity contribution in [2.75, 3.05) is 5.32 Å². The molecule has 2 N–H and O–H groups in total. The van der Waals surface area contributed by atoms with Crippen molar-refractivity contribution in [3.63, 3.8) is 0 Å². The molecule has 0 saturated carbocycles. The van der Waals surface area contributed by atoms with Crippen LogP contribution in [0.25, 0.3) is 5.82 Å². The SMILES string of the molecule is O=C(O)CCC(=O)Nc1ccc(-n2cncn2)nc1. The number of nitrogens with zero attached hydrogens (tertiary/aromatic N) is 4. The molecule has 2 rings (SSSR count). The first-order valence-corrected chi connectivity index (χ1v) is 5.48. The Morgan fingerprint density at radius 1 is 1.32 bits per heavy atom. The van der Waals surface area contributed by atoms with Crippen molar-refractivity contribution < 1.29 is 14.7 Å². The molecule has 98 valence electrons. The van der Waals surface area contributed by atoms with Crippen LogP contribution < -0.4 is 5.32 Å². The van der Waals surface area contributed by atoms with Crippen LogP contribution in [0.15, 0.2) is 31.0 Å². The van der Waals surface area contributed by atoms with Gasteiger partial charge in [0, 0.05) is 6.42 Å². The van der Waals surface area contributed by atoms with Crippen LogP contribution in [0.2, 0.25) is 0 Å². The number of amides is 1. The monoisotopic (exact) mass is 261 g/mol. The van der Waals surface area contributed by atoms with E-state index in [0.29, 0.717) is 11.5 Å². The average molecular weight is 261 g/mol. The molecular weight excluding hydrogens is 250 g/mol. The van der Waals surface area contributed by atoms with Gasteiger partial charge in [0.05, 0.1) is 18.3 Å². The molecule has 2 aromatic rings. The summed E-state index contributed by atoms with van der Waals surface area (Å²) in [7, 11) is 0. The summed E-state index contributed by atoms with van der Waals surface area (Å²) in [4.78, 5) is 29.6. The van der Waals surface area contributed by atoms with Gasteiger partial charge in [-0.05, 0) is 12.1 Å². The van der Waals surface area contributed by atoms with E-state index in [1.807, 2.05) is 0 Å². The third-order valence-electron chi connectivity index (χ3n) is 2.25. The maximum absolute atomic E-state index is 11.4. The van der Waals surface area contributed by atoms with Crippen molar-refractivity contribution in [2.45, 2.75) is 12.8 Å². The maximum Gasteiger partial charge on any atom is 0.303 e. The Hall–Kier alpha value is -2.77. The smallest absolute Gasteiger partial charge is 0.303 e. The quantitative estimate of drug-likeness (QED) is 0.809. The number of hydrogen-bond acceptors (Lipinski definition) is 5. The van der Waals surface area contributed by atoms with E-state index >= 15 is 0 Å². The molecule has 0 saturated heterocycles. The summed E-state index contributed by atoms with van der Waals surface area (Å²) in [6, 6.07) is 3.32. The molecule has 0 radical (unpaired) electrons. The second-order valence-electron chi connectivity index (χ2n) is 3.69. The summed E-state index contributed by atoms with van der Waals surface area (Å²) in [5, 5.41) is 14.9. The molecule has 0 aliphatic carbocycles. The van der Waals surface area contributed by atoms with Crippen LogP contribution in [0.3, 0.4) is 0 Å². The van der Waals surface area contributed by atoms with Crippen LogP contribution >= 0.6 is 0 Å². The van der Waals surface area contributed by atoms with E-state index in [1.54, 1.807) is 12.1 Å². The number of rotatable bonds is 5. The van der Waals surface area contributed by atoms with E-state index in [0.717, 1.165) is 0 Å². The molecule has 1 amide bonds. The minimum absolute atomic E-state index is 0.0693. The van der Waals surface area contributed by atoms with E-state index in [1.165, 1.54) is 23.5 Å². The first kappa shape index (κ1) is 12.7. The highest BCUT2D eigenvalue weighted by atomic mass is 16.4. The highest BCUT2D eigenvalue weighted by Crippen LogP contribution is 2.09. The molecule has 0 aromatic carbocycles. The second-order valence-corrected chi connectivity index (χ2v) is 3.69. The summed E-state index contributed by atoms with van der Waals surface area (Å²) < 4.78 is 1.48. The topological polar surface area (TPSA) is 110 Å². The van der Waals surface area contributed by atoms with Gasteiger partial charge in [0.2, 0.25) is 5.91 Å². The second kappa shape index (κ2) is 5.71. The lowest BCUT2D eigenvalue weighted by Crippen LogP contribution is -2.13. The number of anilines is 1. The lowest BCUT2D eigenvalue weighted by atomic mass is 10.3. The normalized spacial score (nSPS) is 10.1.